The lowest BCUT2D eigenvalue weighted by Gasteiger charge is -2.30. The van der Waals surface area contributed by atoms with Gasteiger partial charge in [0.25, 0.3) is 5.91 Å². The zero-order valence-electron chi connectivity index (χ0n) is 12.2. The Kier molecular flexibility index (Phi) is 6.90. The van der Waals surface area contributed by atoms with E-state index in [9.17, 15) is 9.59 Å². The summed E-state index contributed by atoms with van der Waals surface area (Å²) in [6.07, 6.45) is -0.778. The van der Waals surface area contributed by atoms with Crippen LogP contribution in [-0.4, -0.2) is 74.1 Å². The Labute approximate surface area is 118 Å². The molecule has 1 unspecified atom stereocenters. The number of ether oxygens (including phenoxy) is 3. The van der Waals surface area contributed by atoms with Crippen molar-refractivity contribution in [1.82, 2.24) is 4.90 Å². The van der Waals surface area contributed by atoms with Crippen molar-refractivity contribution in [2.24, 2.45) is 0 Å². The molecule has 0 bridgehead atoms. The van der Waals surface area contributed by atoms with Gasteiger partial charge in [-0.1, -0.05) is 0 Å². The molecule has 1 rings (SSSR count). The van der Waals surface area contributed by atoms with Crippen molar-refractivity contribution < 1.29 is 28.9 Å². The first-order chi connectivity index (χ1) is 9.51. The van der Waals surface area contributed by atoms with E-state index in [0.717, 1.165) is 0 Å². The number of methoxy groups -OCH3 is 2. The highest BCUT2D eigenvalue weighted by Gasteiger charge is 2.37. The van der Waals surface area contributed by atoms with Gasteiger partial charge in [0, 0.05) is 20.8 Å². The molecule has 0 spiro atoms. The highest BCUT2D eigenvalue weighted by molar-refractivity contribution is 5.83. The molecule has 1 fully saturated rings. The van der Waals surface area contributed by atoms with E-state index >= 15 is 0 Å². The second-order valence-electron chi connectivity index (χ2n) is 4.86. The number of hydrogen-bond acceptors (Lipinski definition) is 5. The molecule has 0 aliphatic carbocycles. The molecule has 7 heteroatoms. The molecular formula is C13H23NO6. The second-order valence-corrected chi connectivity index (χ2v) is 4.86. The Hall–Kier alpha value is -1.18. The van der Waals surface area contributed by atoms with E-state index < -0.39 is 18.2 Å². The number of carbonyl (C=O) groups excluding carboxylic acids is 1. The number of nitrogens with zero attached hydrogens (tertiary/aromatic N) is 1. The van der Waals surface area contributed by atoms with Gasteiger partial charge in [0.05, 0.1) is 19.3 Å². The molecule has 0 radical (unpaired) electrons. The second kappa shape index (κ2) is 8.18. The Morgan fingerprint density at radius 1 is 1.30 bits per heavy atom. The smallest absolute Gasteiger partial charge is 0.332 e. The first-order valence-corrected chi connectivity index (χ1v) is 6.67. The third kappa shape index (κ3) is 4.43. The van der Waals surface area contributed by atoms with Crippen molar-refractivity contribution in [3.63, 3.8) is 0 Å². The van der Waals surface area contributed by atoms with Crippen molar-refractivity contribution in [2.75, 3.05) is 34.0 Å². The molecule has 1 aliphatic rings. The monoisotopic (exact) mass is 289 g/mol. The van der Waals surface area contributed by atoms with E-state index in [1.807, 2.05) is 6.92 Å². The summed E-state index contributed by atoms with van der Waals surface area (Å²) in [4.78, 5) is 24.9. The fraction of sp³-hybridized carbons (Fsp3) is 0.846. The van der Waals surface area contributed by atoms with Crippen LogP contribution in [-0.2, 0) is 23.8 Å². The Bertz CT molecular complexity index is 335. The Balaban J connectivity index is 2.65. The van der Waals surface area contributed by atoms with Crippen LogP contribution in [0.1, 0.15) is 19.8 Å². The Morgan fingerprint density at radius 3 is 2.45 bits per heavy atom. The maximum absolute atomic E-state index is 12.4. The van der Waals surface area contributed by atoms with Crippen LogP contribution < -0.4 is 0 Å². The number of hydrogen-bond donors (Lipinski definition) is 1. The zero-order chi connectivity index (χ0) is 15.1. The number of rotatable bonds is 8. The van der Waals surface area contributed by atoms with Gasteiger partial charge >= 0.3 is 5.97 Å². The van der Waals surface area contributed by atoms with Gasteiger partial charge < -0.3 is 24.2 Å². The lowest BCUT2D eigenvalue weighted by molar-refractivity contribution is -0.156. The average Bonchev–Trinajstić information content (AvgIpc) is 2.89. The van der Waals surface area contributed by atoms with Crippen molar-refractivity contribution >= 4 is 11.9 Å². The highest BCUT2D eigenvalue weighted by Crippen LogP contribution is 2.22. The summed E-state index contributed by atoms with van der Waals surface area (Å²) >= 11 is 0. The van der Waals surface area contributed by atoms with Crippen LogP contribution in [0.25, 0.3) is 0 Å². The minimum absolute atomic E-state index is 0.116. The highest BCUT2D eigenvalue weighted by atomic mass is 16.5. The van der Waals surface area contributed by atoms with E-state index in [2.05, 4.69) is 0 Å². The van der Waals surface area contributed by atoms with Gasteiger partial charge in [0.15, 0.2) is 6.10 Å². The molecular weight excluding hydrogens is 266 g/mol. The Morgan fingerprint density at radius 2 is 1.95 bits per heavy atom. The summed E-state index contributed by atoms with van der Waals surface area (Å²) in [5.74, 6) is -1.22. The van der Waals surface area contributed by atoms with Crippen LogP contribution in [0.4, 0.5) is 0 Å². The van der Waals surface area contributed by atoms with Crippen molar-refractivity contribution in [1.29, 1.82) is 0 Å². The summed E-state index contributed by atoms with van der Waals surface area (Å²) in [5, 5.41) is 8.90. The average molecular weight is 289 g/mol. The molecule has 1 amide bonds. The molecule has 1 saturated heterocycles. The van der Waals surface area contributed by atoms with Crippen LogP contribution >= 0.6 is 0 Å². The van der Waals surface area contributed by atoms with Gasteiger partial charge in [-0.25, -0.2) is 4.79 Å². The van der Waals surface area contributed by atoms with Crippen molar-refractivity contribution in [3.05, 3.63) is 0 Å². The molecule has 0 aromatic carbocycles. The summed E-state index contributed by atoms with van der Waals surface area (Å²) in [7, 11) is 3.14. The summed E-state index contributed by atoms with van der Waals surface area (Å²) in [6.45, 7) is 3.12. The molecule has 116 valence electrons. The summed E-state index contributed by atoms with van der Waals surface area (Å²) in [5.41, 5.74) is 0. The van der Waals surface area contributed by atoms with E-state index in [0.29, 0.717) is 32.6 Å². The standard InChI is InChI=1S/C13H23NO6/c1-9(8-19-3)14(6-7-18-2)12(15)10-4-5-11(20-10)13(16)17/h9-11H,4-8H2,1-3H3,(H,16,17)/t9?,10-,11+/m0/s1. The van der Waals surface area contributed by atoms with Gasteiger partial charge in [-0.3, -0.25) is 4.79 Å². The lowest BCUT2D eigenvalue weighted by atomic mass is 10.1. The number of carboxylic acid groups (broad SMARTS) is 1. The predicted octanol–water partition coefficient (Wildman–Crippen LogP) is 0.129. The summed E-state index contributed by atoms with van der Waals surface area (Å²) in [6, 6.07) is -0.116. The molecule has 1 N–H and O–H groups in total. The van der Waals surface area contributed by atoms with Crippen LogP contribution in [0, 0.1) is 0 Å². The largest absolute Gasteiger partial charge is 0.479 e. The summed E-state index contributed by atoms with van der Waals surface area (Å²) < 4.78 is 15.4. The van der Waals surface area contributed by atoms with Gasteiger partial charge in [0.2, 0.25) is 0 Å². The molecule has 0 aromatic heterocycles. The fourth-order valence-corrected chi connectivity index (χ4v) is 2.25. The minimum Gasteiger partial charge on any atom is -0.479 e. The number of carbonyl (C=O) groups is 2. The lowest BCUT2D eigenvalue weighted by Crippen LogP contribution is -2.47. The molecule has 20 heavy (non-hydrogen) atoms. The van der Waals surface area contributed by atoms with E-state index in [4.69, 9.17) is 19.3 Å². The molecule has 0 aromatic rings. The number of amides is 1. The SMILES string of the molecule is COCCN(C(=O)[C@@H]1CC[C@H](C(=O)O)O1)C(C)COC. The number of aliphatic carboxylic acids is 1. The first kappa shape index (κ1) is 16.9. The predicted molar refractivity (Wildman–Crippen MR) is 70.5 cm³/mol. The first-order valence-electron chi connectivity index (χ1n) is 6.67. The van der Waals surface area contributed by atoms with Crippen molar-refractivity contribution in [2.45, 2.75) is 38.0 Å². The number of carboxylic acids is 1. The molecule has 1 aliphatic heterocycles. The fourth-order valence-electron chi connectivity index (χ4n) is 2.25. The van der Waals surface area contributed by atoms with Crippen LogP contribution in [0.5, 0.6) is 0 Å². The zero-order valence-corrected chi connectivity index (χ0v) is 12.2. The van der Waals surface area contributed by atoms with E-state index in [-0.39, 0.29) is 11.9 Å². The molecule has 7 nitrogen and oxygen atoms in total. The van der Waals surface area contributed by atoms with Crippen molar-refractivity contribution in [3.8, 4) is 0 Å². The minimum atomic E-state index is -1.02. The third-order valence-corrected chi connectivity index (χ3v) is 3.33. The van der Waals surface area contributed by atoms with Gasteiger partial charge in [-0.15, -0.1) is 0 Å². The van der Waals surface area contributed by atoms with Crippen LogP contribution in [0.2, 0.25) is 0 Å². The van der Waals surface area contributed by atoms with Gasteiger partial charge in [0.1, 0.15) is 6.10 Å². The third-order valence-electron chi connectivity index (χ3n) is 3.33. The van der Waals surface area contributed by atoms with Gasteiger partial charge in [-0.2, -0.15) is 0 Å². The molecule has 3 atom stereocenters. The topological polar surface area (TPSA) is 85.3 Å². The van der Waals surface area contributed by atoms with Crippen LogP contribution in [0.3, 0.4) is 0 Å². The molecule has 0 saturated carbocycles. The van der Waals surface area contributed by atoms with Crippen LogP contribution in [0.15, 0.2) is 0 Å². The molecule has 1 heterocycles. The normalized spacial score (nSPS) is 23.6. The quantitative estimate of drug-likeness (QED) is 0.683. The van der Waals surface area contributed by atoms with E-state index in [1.165, 1.54) is 0 Å². The maximum Gasteiger partial charge on any atom is 0.332 e. The van der Waals surface area contributed by atoms with E-state index in [1.54, 1.807) is 19.1 Å². The van der Waals surface area contributed by atoms with Gasteiger partial charge in [-0.05, 0) is 19.8 Å². The maximum atomic E-state index is 12.4.